The summed E-state index contributed by atoms with van der Waals surface area (Å²) in [6.07, 6.45) is 0.0756. The highest BCUT2D eigenvalue weighted by molar-refractivity contribution is 6.33. The molecule has 1 aromatic carbocycles. The number of hydrogen-bond acceptors (Lipinski definition) is 3. The van der Waals surface area contributed by atoms with Crippen LogP contribution >= 0.6 is 11.6 Å². The Balaban J connectivity index is 2.77. The number of benzene rings is 1. The molecular weight excluding hydrogens is 242 g/mol. The van der Waals surface area contributed by atoms with Gasteiger partial charge in [0.15, 0.2) is 0 Å². The van der Waals surface area contributed by atoms with Crippen molar-refractivity contribution < 1.29 is 9.59 Å². The van der Waals surface area contributed by atoms with Crippen molar-refractivity contribution in [3.63, 3.8) is 0 Å². The highest BCUT2D eigenvalue weighted by Crippen LogP contribution is 2.22. The molecule has 6 heteroatoms. The smallest absolute Gasteiger partial charge is 0.253 e. The quantitative estimate of drug-likeness (QED) is 0.698. The number of carbonyl (C=O) groups excluding carboxylic acids is 2. The second-order valence-corrected chi connectivity index (χ2v) is 4.15. The molecule has 0 aliphatic rings. The van der Waals surface area contributed by atoms with Gasteiger partial charge in [-0.2, -0.15) is 0 Å². The Morgan fingerprint density at radius 3 is 2.71 bits per heavy atom. The molecular formula is C11H14ClN3O2. The second kappa shape index (κ2) is 5.54. The SMILES string of the molecule is CC(CC(N)=O)NC(=O)c1cccc(Cl)c1N. The van der Waals surface area contributed by atoms with E-state index in [9.17, 15) is 9.59 Å². The third-order valence-electron chi connectivity index (χ3n) is 2.18. The predicted molar refractivity (Wildman–Crippen MR) is 66.6 cm³/mol. The number of nitrogens with one attached hydrogen (secondary N) is 1. The standard InChI is InChI=1S/C11H14ClN3O2/c1-6(5-9(13)16)15-11(17)7-3-2-4-8(12)10(7)14/h2-4,6H,5,14H2,1H3,(H2,13,16)(H,15,17). The summed E-state index contributed by atoms with van der Waals surface area (Å²) >= 11 is 5.80. The van der Waals surface area contributed by atoms with Gasteiger partial charge in [0.05, 0.1) is 16.3 Å². The van der Waals surface area contributed by atoms with E-state index in [0.29, 0.717) is 5.02 Å². The minimum atomic E-state index is -0.475. The van der Waals surface area contributed by atoms with Gasteiger partial charge in [-0.05, 0) is 19.1 Å². The van der Waals surface area contributed by atoms with Crippen LogP contribution in [-0.4, -0.2) is 17.9 Å². The largest absolute Gasteiger partial charge is 0.397 e. The van der Waals surface area contributed by atoms with Crippen molar-refractivity contribution in [2.75, 3.05) is 5.73 Å². The van der Waals surface area contributed by atoms with E-state index >= 15 is 0 Å². The summed E-state index contributed by atoms with van der Waals surface area (Å²) in [5.74, 6) is -0.851. The van der Waals surface area contributed by atoms with Crippen molar-refractivity contribution in [3.8, 4) is 0 Å². The van der Waals surface area contributed by atoms with Crippen LogP contribution in [0.4, 0.5) is 5.69 Å². The van der Waals surface area contributed by atoms with Gasteiger partial charge in [-0.25, -0.2) is 0 Å². The lowest BCUT2D eigenvalue weighted by molar-refractivity contribution is -0.118. The molecule has 0 aliphatic carbocycles. The first kappa shape index (κ1) is 13.3. The van der Waals surface area contributed by atoms with Crippen LogP contribution in [0.5, 0.6) is 0 Å². The van der Waals surface area contributed by atoms with E-state index in [2.05, 4.69) is 5.32 Å². The van der Waals surface area contributed by atoms with Crippen molar-refractivity contribution in [3.05, 3.63) is 28.8 Å². The average Bonchev–Trinajstić information content (AvgIpc) is 2.20. The fourth-order valence-corrected chi connectivity index (χ4v) is 1.56. The first-order chi connectivity index (χ1) is 7.91. The zero-order valence-electron chi connectivity index (χ0n) is 9.37. The molecule has 92 valence electrons. The summed E-state index contributed by atoms with van der Waals surface area (Å²) in [5, 5.41) is 2.94. The molecule has 1 atom stereocenters. The van der Waals surface area contributed by atoms with Gasteiger partial charge in [0.1, 0.15) is 0 Å². The monoisotopic (exact) mass is 255 g/mol. The van der Waals surface area contributed by atoms with E-state index in [1.54, 1.807) is 25.1 Å². The van der Waals surface area contributed by atoms with Crippen LogP contribution in [0.1, 0.15) is 23.7 Å². The van der Waals surface area contributed by atoms with Gasteiger partial charge < -0.3 is 16.8 Å². The molecule has 5 nitrogen and oxygen atoms in total. The molecule has 0 saturated carbocycles. The predicted octanol–water partition coefficient (Wildman–Crippen LogP) is 0.916. The maximum atomic E-state index is 11.8. The third kappa shape index (κ3) is 3.64. The molecule has 2 amide bonds. The maximum absolute atomic E-state index is 11.8. The lowest BCUT2D eigenvalue weighted by Gasteiger charge is -2.13. The Morgan fingerprint density at radius 1 is 1.47 bits per heavy atom. The molecule has 17 heavy (non-hydrogen) atoms. The average molecular weight is 256 g/mol. The topological polar surface area (TPSA) is 98.2 Å². The molecule has 0 bridgehead atoms. The molecule has 0 heterocycles. The van der Waals surface area contributed by atoms with E-state index in [4.69, 9.17) is 23.1 Å². The molecule has 0 fully saturated rings. The molecule has 0 saturated heterocycles. The van der Waals surface area contributed by atoms with Gasteiger partial charge in [-0.1, -0.05) is 17.7 Å². The summed E-state index contributed by atoms with van der Waals surface area (Å²) in [5.41, 5.74) is 11.2. The maximum Gasteiger partial charge on any atom is 0.253 e. The number of amides is 2. The summed E-state index contributed by atoms with van der Waals surface area (Å²) in [6, 6.07) is 4.44. The summed E-state index contributed by atoms with van der Waals surface area (Å²) in [7, 11) is 0. The number of anilines is 1. The van der Waals surface area contributed by atoms with Crippen LogP contribution in [0.15, 0.2) is 18.2 Å². The number of nitrogens with two attached hydrogens (primary N) is 2. The fraction of sp³-hybridized carbons (Fsp3) is 0.273. The van der Waals surface area contributed by atoms with Gasteiger partial charge in [0.25, 0.3) is 5.91 Å². The lowest BCUT2D eigenvalue weighted by Crippen LogP contribution is -2.36. The van der Waals surface area contributed by atoms with Crippen LogP contribution < -0.4 is 16.8 Å². The number of nitrogen functional groups attached to an aromatic ring is 1. The third-order valence-corrected chi connectivity index (χ3v) is 2.51. The molecule has 1 aromatic rings. The molecule has 0 aromatic heterocycles. The number of primary amides is 1. The van der Waals surface area contributed by atoms with Crippen molar-refractivity contribution in [1.82, 2.24) is 5.32 Å². The Labute approximate surface area is 104 Å². The second-order valence-electron chi connectivity index (χ2n) is 3.75. The van der Waals surface area contributed by atoms with Crippen LogP contribution in [-0.2, 0) is 4.79 Å². The first-order valence-electron chi connectivity index (χ1n) is 5.05. The van der Waals surface area contributed by atoms with E-state index in [-0.39, 0.29) is 29.6 Å². The minimum absolute atomic E-state index is 0.0756. The number of para-hydroxylation sites is 1. The number of rotatable bonds is 4. The number of hydrogen-bond donors (Lipinski definition) is 3. The van der Waals surface area contributed by atoms with Crippen molar-refractivity contribution in [2.45, 2.75) is 19.4 Å². The van der Waals surface area contributed by atoms with Crippen LogP contribution in [0, 0.1) is 0 Å². The number of carbonyl (C=O) groups is 2. The Kier molecular flexibility index (Phi) is 4.34. The van der Waals surface area contributed by atoms with Crippen molar-refractivity contribution in [1.29, 1.82) is 0 Å². The van der Waals surface area contributed by atoms with Gasteiger partial charge in [-0.15, -0.1) is 0 Å². The van der Waals surface area contributed by atoms with E-state index in [1.165, 1.54) is 0 Å². The normalized spacial score (nSPS) is 11.9. The molecule has 0 radical (unpaired) electrons. The lowest BCUT2D eigenvalue weighted by atomic mass is 10.1. The van der Waals surface area contributed by atoms with Crippen molar-refractivity contribution >= 4 is 29.1 Å². The number of halogens is 1. The molecule has 5 N–H and O–H groups in total. The van der Waals surface area contributed by atoms with Crippen LogP contribution in [0.2, 0.25) is 5.02 Å². The molecule has 0 spiro atoms. The highest BCUT2D eigenvalue weighted by atomic mass is 35.5. The highest BCUT2D eigenvalue weighted by Gasteiger charge is 2.15. The summed E-state index contributed by atoms with van der Waals surface area (Å²) in [6.45, 7) is 1.68. The van der Waals surface area contributed by atoms with Crippen LogP contribution in [0.25, 0.3) is 0 Å². The Hall–Kier alpha value is -1.75. The van der Waals surface area contributed by atoms with Crippen LogP contribution in [0.3, 0.4) is 0 Å². The van der Waals surface area contributed by atoms with E-state index < -0.39 is 5.91 Å². The first-order valence-corrected chi connectivity index (χ1v) is 5.42. The zero-order valence-corrected chi connectivity index (χ0v) is 10.1. The molecule has 1 rings (SSSR count). The van der Waals surface area contributed by atoms with Gasteiger partial charge >= 0.3 is 0 Å². The van der Waals surface area contributed by atoms with Gasteiger partial charge in [-0.3, -0.25) is 9.59 Å². The Morgan fingerprint density at radius 2 is 2.12 bits per heavy atom. The Bertz CT molecular complexity index is 448. The summed E-state index contributed by atoms with van der Waals surface area (Å²) in [4.78, 5) is 22.5. The minimum Gasteiger partial charge on any atom is -0.397 e. The fourth-order valence-electron chi connectivity index (χ4n) is 1.39. The summed E-state index contributed by atoms with van der Waals surface area (Å²) < 4.78 is 0. The zero-order chi connectivity index (χ0) is 13.0. The van der Waals surface area contributed by atoms with E-state index in [1.807, 2.05) is 0 Å². The molecule has 1 unspecified atom stereocenters. The van der Waals surface area contributed by atoms with E-state index in [0.717, 1.165) is 0 Å². The van der Waals surface area contributed by atoms with Gasteiger partial charge in [0, 0.05) is 12.5 Å². The van der Waals surface area contributed by atoms with Gasteiger partial charge in [0.2, 0.25) is 5.91 Å². The molecule has 0 aliphatic heterocycles. The van der Waals surface area contributed by atoms with Crippen molar-refractivity contribution in [2.24, 2.45) is 5.73 Å².